The average Bonchev–Trinajstić information content (AvgIpc) is 3.20. The van der Waals surface area contributed by atoms with Gasteiger partial charge in [-0.25, -0.2) is 0 Å². The molecule has 8 heteroatoms. The van der Waals surface area contributed by atoms with Gasteiger partial charge in [-0.1, -0.05) is 12.1 Å². The van der Waals surface area contributed by atoms with Gasteiger partial charge < -0.3 is 10.6 Å². The van der Waals surface area contributed by atoms with Crippen molar-refractivity contribution in [3.63, 3.8) is 0 Å². The summed E-state index contributed by atoms with van der Waals surface area (Å²) in [5, 5.41) is 16.7. The molecule has 7 nitrogen and oxygen atoms in total. The summed E-state index contributed by atoms with van der Waals surface area (Å²) < 4.78 is 0. The Morgan fingerprint density at radius 3 is 2.85 bits per heavy atom. The van der Waals surface area contributed by atoms with Crippen LogP contribution in [0.4, 0.5) is 10.7 Å². The van der Waals surface area contributed by atoms with Gasteiger partial charge in [-0.15, -0.1) is 11.3 Å². The molecular weight excluding hydrogens is 354 g/mol. The molecule has 1 aromatic carbocycles. The average molecular weight is 371 g/mol. The van der Waals surface area contributed by atoms with Gasteiger partial charge in [0.2, 0.25) is 5.91 Å². The van der Waals surface area contributed by atoms with Crippen LogP contribution < -0.4 is 10.6 Å². The molecule has 134 valence electrons. The Morgan fingerprint density at radius 1 is 1.31 bits per heavy atom. The van der Waals surface area contributed by atoms with E-state index in [2.05, 4.69) is 10.6 Å². The van der Waals surface area contributed by atoms with Gasteiger partial charge in [-0.3, -0.25) is 19.7 Å². The van der Waals surface area contributed by atoms with E-state index in [0.717, 1.165) is 29.7 Å². The van der Waals surface area contributed by atoms with Gasteiger partial charge in [-0.05, 0) is 36.5 Å². The van der Waals surface area contributed by atoms with Crippen LogP contribution in [0.2, 0.25) is 0 Å². The number of nitro benzene ring substituents is 1. The highest BCUT2D eigenvalue weighted by atomic mass is 32.1. The van der Waals surface area contributed by atoms with E-state index in [9.17, 15) is 19.7 Å². The zero-order chi connectivity index (χ0) is 18.7. The van der Waals surface area contributed by atoms with Gasteiger partial charge in [0.05, 0.1) is 10.5 Å². The van der Waals surface area contributed by atoms with Crippen LogP contribution in [0, 0.1) is 10.1 Å². The SMILES string of the molecule is CNC(=O)c1c(NC(=O)/C=C/c2cccc([N+](=O)[O-])c2)sc2c1CCC2. The van der Waals surface area contributed by atoms with Gasteiger partial charge in [-0.2, -0.15) is 0 Å². The Balaban J connectivity index is 1.78. The monoisotopic (exact) mass is 371 g/mol. The van der Waals surface area contributed by atoms with Crippen molar-refractivity contribution in [1.82, 2.24) is 5.32 Å². The first-order valence-electron chi connectivity index (χ1n) is 8.09. The van der Waals surface area contributed by atoms with Gasteiger partial charge in [0, 0.05) is 30.1 Å². The number of nitrogens with one attached hydrogen (secondary N) is 2. The summed E-state index contributed by atoms with van der Waals surface area (Å²) in [6, 6.07) is 6.01. The maximum absolute atomic E-state index is 12.2. The van der Waals surface area contributed by atoms with Crippen molar-refractivity contribution in [2.24, 2.45) is 0 Å². The Morgan fingerprint density at radius 2 is 2.12 bits per heavy atom. The van der Waals surface area contributed by atoms with E-state index in [0.29, 0.717) is 16.1 Å². The minimum absolute atomic E-state index is 0.0378. The van der Waals surface area contributed by atoms with Crippen LogP contribution in [0.1, 0.15) is 32.8 Å². The van der Waals surface area contributed by atoms with Crippen LogP contribution in [0.25, 0.3) is 6.08 Å². The van der Waals surface area contributed by atoms with E-state index in [1.54, 1.807) is 19.2 Å². The summed E-state index contributed by atoms with van der Waals surface area (Å²) in [6.45, 7) is 0. The second-order valence-electron chi connectivity index (χ2n) is 5.82. The molecule has 0 saturated heterocycles. The Labute approximate surface area is 153 Å². The molecule has 0 atom stereocenters. The van der Waals surface area contributed by atoms with Crippen molar-refractivity contribution in [1.29, 1.82) is 0 Å². The molecule has 0 fully saturated rings. The van der Waals surface area contributed by atoms with Gasteiger partial charge in [0.15, 0.2) is 0 Å². The van der Waals surface area contributed by atoms with Crippen LogP contribution >= 0.6 is 11.3 Å². The highest BCUT2D eigenvalue weighted by Crippen LogP contribution is 2.39. The fourth-order valence-electron chi connectivity index (χ4n) is 2.93. The van der Waals surface area contributed by atoms with Crippen LogP contribution in [0.15, 0.2) is 30.3 Å². The maximum atomic E-state index is 12.2. The van der Waals surface area contributed by atoms with Gasteiger partial charge >= 0.3 is 0 Å². The number of aryl methyl sites for hydroxylation is 1. The number of benzene rings is 1. The molecule has 1 aliphatic rings. The van der Waals surface area contributed by atoms with Gasteiger partial charge in [0.25, 0.3) is 11.6 Å². The molecule has 0 bridgehead atoms. The molecule has 0 unspecified atom stereocenters. The molecule has 26 heavy (non-hydrogen) atoms. The number of amides is 2. The fraction of sp³-hybridized carbons (Fsp3) is 0.222. The van der Waals surface area contributed by atoms with E-state index in [-0.39, 0.29) is 17.5 Å². The lowest BCUT2D eigenvalue weighted by Gasteiger charge is -2.05. The number of fused-ring (bicyclic) bond motifs is 1. The Bertz CT molecular complexity index is 917. The van der Waals surface area contributed by atoms with Crippen molar-refractivity contribution < 1.29 is 14.5 Å². The van der Waals surface area contributed by atoms with Crippen molar-refractivity contribution in [3.8, 4) is 0 Å². The molecule has 1 aliphatic carbocycles. The molecule has 2 aromatic rings. The van der Waals surface area contributed by atoms with E-state index in [4.69, 9.17) is 0 Å². The van der Waals surface area contributed by atoms with E-state index in [1.165, 1.54) is 35.6 Å². The van der Waals surface area contributed by atoms with Crippen molar-refractivity contribution in [2.45, 2.75) is 19.3 Å². The highest BCUT2D eigenvalue weighted by molar-refractivity contribution is 7.17. The Kier molecular flexibility index (Phi) is 5.13. The lowest BCUT2D eigenvalue weighted by atomic mass is 10.1. The lowest BCUT2D eigenvalue weighted by Crippen LogP contribution is -2.21. The van der Waals surface area contributed by atoms with Crippen molar-refractivity contribution in [3.05, 3.63) is 62.0 Å². The topological polar surface area (TPSA) is 101 Å². The van der Waals surface area contributed by atoms with Gasteiger partial charge in [0.1, 0.15) is 5.00 Å². The third kappa shape index (κ3) is 3.65. The molecule has 0 spiro atoms. The number of thiophene rings is 1. The minimum Gasteiger partial charge on any atom is -0.355 e. The molecule has 3 rings (SSSR count). The predicted octanol–water partition coefficient (Wildman–Crippen LogP) is 3.16. The second-order valence-corrected chi connectivity index (χ2v) is 6.92. The number of anilines is 1. The summed E-state index contributed by atoms with van der Waals surface area (Å²) >= 11 is 1.43. The van der Waals surface area contributed by atoms with Crippen LogP contribution in [0.3, 0.4) is 0 Å². The van der Waals surface area contributed by atoms with Crippen molar-refractivity contribution >= 4 is 39.9 Å². The normalized spacial score (nSPS) is 12.8. The molecule has 2 N–H and O–H groups in total. The first-order valence-corrected chi connectivity index (χ1v) is 8.91. The number of nitrogens with zero attached hydrogens (tertiary/aromatic N) is 1. The number of non-ortho nitro benzene ring substituents is 1. The molecule has 1 aromatic heterocycles. The summed E-state index contributed by atoms with van der Waals surface area (Å²) in [5.74, 6) is -0.594. The third-order valence-electron chi connectivity index (χ3n) is 4.12. The maximum Gasteiger partial charge on any atom is 0.270 e. The quantitative estimate of drug-likeness (QED) is 0.479. The summed E-state index contributed by atoms with van der Waals surface area (Å²) in [4.78, 5) is 35.9. The lowest BCUT2D eigenvalue weighted by molar-refractivity contribution is -0.384. The largest absolute Gasteiger partial charge is 0.355 e. The number of nitro groups is 1. The van der Waals surface area contributed by atoms with E-state index >= 15 is 0 Å². The highest BCUT2D eigenvalue weighted by Gasteiger charge is 2.26. The van der Waals surface area contributed by atoms with Crippen LogP contribution in [0.5, 0.6) is 0 Å². The number of carbonyl (C=O) groups is 2. The van der Waals surface area contributed by atoms with Crippen molar-refractivity contribution in [2.75, 3.05) is 12.4 Å². The number of hydrogen-bond acceptors (Lipinski definition) is 5. The number of carbonyl (C=O) groups excluding carboxylic acids is 2. The molecular formula is C18H17N3O4S. The number of hydrogen-bond donors (Lipinski definition) is 2. The van der Waals surface area contributed by atoms with Crippen LogP contribution in [-0.4, -0.2) is 23.8 Å². The standard InChI is InChI=1S/C18H17N3O4S/c1-19-17(23)16-13-6-3-7-14(13)26-18(16)20-15(22)9-8-11-4-2-5-12(10-11)21(24)25/h2,4-5,8-10H,3,6-7H2,1H3,(H,19,23)(H,20,22)/b9-8+. The zero-order valence-corrected chi connectivity index (χ0v) is 14.9. The molecule has 0 saturated carbocycles. The number of rotatable bonds is 5. The predicted molar refractivity (Wildman–Crippen MR) is 100 cm³/mol. The molecule has 0 aliphatic heterocycles. The second kappa shape index (κ2) is 7.49. The summed E-state index contributed by atoms with van der Waals surface area (Å²) in [6.07, 6.45) is 5.59. The molecule has 1 heterocycles. The van der Waals surface area contributed by atoms with E-state index < -0.39 is 4.92 Å². The van der Waals surface area contributed by atoms with E-state index in [1.807, 2.05) is 0 Å². The fourth-order valence-corrected chi connectivity index (χ4v) is 4.21. The summed E-state index contributed by atoms with van der Waals surface area (Å²) in [7, 11) is 1.56. The third-order valence-corrected chi connectivity index (χ3v) is 5.33. The zero-order valence-electron chi connectivity index (χ0n) is 14.1. The first-order chi connectivity index (χ1) is 12.5. The smallest absolute Gasteiger partial charge is 0.270 e. The molecule has 2 amide bonds. The molecule has 0 radical (unpaired) electrons. The first kappa shape index (κ1) is 17.8. The summed E-state index contributed by atoms with van der Waals surface area (Å²) in [5.41, 5.74) is 2.08. The Hall–Kier alpha value is -3.00. The minimum atomic E-state index is -0.486. The van der Waals surface area contributed by atoms with Crippen LogP contribution in [-0.2, 0) is 17.6 Å².